The summed E-state index contributed by atoms with van der Waals surface area (Å²) in [5, 5.41) is 3.76. The van der Waals surface area contributed by atoms with E-state index in [-0.39, 0.29) is 35.4 Å². The van der Waals surface area contributed by atoms with Gasteiger partial charge in [-0.2, -0.15) is 0 Å². The van der Waals surface area contributed by atoms with Gasteiger partial charge in [0.05, 0.1) is 11.2 Å². The molecule has 0 radical (unpaired) electrons. The van der Waals surface area contributed by atoms with E-state index in [1.165, 1.54) is 0 Å². The van der Waals surface area contributed by atoms with Crippen molar-refractivity contribution in [3.63, 3.8) is 0 Å². The minimum atomic E-state index is -0.117. The first-order valence-corrected chi connectivity index (χ1v) is 13.9. The Morgan fingerprint density at radius 2 is 1.07 bits per heavy atom. The second-order valence-electron chi connectivity index (χ2n) is 10.3. The standard InChI is InChI=1S/C40H27NO/c1-2-9-28(10-3-1)29-17-22-33(23-18-29)41(38-15-8-12-31-11-4-5-13-35(31)38)34-24-19-30(20-25-34)32-21-26-40-37(27-32)36-14-6-7-16-39(36)42-40/h1-27H/i19D,20D,24D,25D. The molecule has 198 valence electrons. The van der Waals surface area contributed by atoms with Crippen LogP contribution < -0.4 is 4.90 Å². The van der Waals surface area contributed by atoms with Gasteiger partial charge in [-0.3, -0.25) is 0 Å². The molecule has 0 aliphatic carbocycles. The van der Waals surface area contributed by atoms with Crippen LogP contribution in [-0.2, 0) is 0 Å². The van der Waals surface area contributed by atoms with Crippen LogP contribution in [0.15, 0.2) is 168 Å². The average Bonchev–Trinajstić information content (AvgIpc) is 3.48. The van der Waals surface area contributed by atoms with E-state index >= 15 is 0 Å². The topological polar surface area (TPSA) is 16.4 Å². The molecule has 0 saturated carbocycles. The number of para-hydroxylation sites is 1. The van der Waals surface area contributed by atoms with Gasteiger partial charge in [0, 0.05) is 27.5 Å². The molecule has 0 unspecified atom stereocenters. The third-order valence-corrected chi connectivity index (χ3v) is 7.74. The average molecular weight is 542 g/mol. The fourth-order valence-electron chi connectivity index (χ4n) is 5.67. The zero-order chi connectivity index (χ0) is 31.4. The summed E-state index contributed by atoms with van der Waals surface area (Å²) < 4.78 is 43.2. The molecule has 1 heterocycles. The van der Waals surface area contributed by atoms with E-state index in [1.54, 1.807) is 6.07 Å². The van der Waals surface area contributed by atoms with Gasteiger partial charge in [0.1, 0.15) is 11.2 Å². The monoisotopic (exact) mass is 541 g/mol. The first kappa shape index (κ1) is 20.3. The molecule has 0 atom stereocenters. The number of fused-ring (bicyclic) bond motifs is 4. The van der Waals surface area contributed by atoms with Crippen LogP contribution in [0.3, 0.4) is 0 Å². The smallest absolute Gasteiger partial charge is 0.135 e. The van der Waals surface area contributed by atoms with Crippen LogP contribution in [0.2, 0.25) is 0 Å². The highest BCUT2D eigenvalue weighted by molar-refractivity contribution is 6.06. The molecule has 8 rings (SSSR count). The molecule has 0 aliphatic heterocycles. The Labute approximate surface area is 250 Å². The Morgan fingerprint density at radius 1 is 0.429 bits per heavy atom. The second-order valence-corrected chi connectivity index (χ2v) is 10.3. The quantitative estimate of drug-likeness (QED) is 0.215. The van der Waals surface area contributed by atoms with Crippen molar-refractivity contribution in [1.82, 2.24) is 0 Å². The molecule has 0 bridgehead atoms. The van der Waals surface area contributed by atoms with Crippen molar-refractivity contribution in [1.29, 1.82) is 0 Å². The van der Waals surface area contributed by atoms with E-state index in [1.807, 2.05) is 126 Å². The minimum Gasteiger partial charge on any atom is -0.456 e. The molecule has 8 aromatic rings. The van der Waals surface area contributed by atoms with E-state index in [0.29, 0.717) is 11.1 Å². The summed E-state index contributed by atoms with van der Waals surface area (Å²) in [4.78, 5) is 1.86. The van der Waals surface area contributed by atoms with Crippen molar-refractivity contribution in [3.8, 4) is 22.3 Å². The summed E-state index contributed by atoms with van der Waals surface area (Å²) in [5.74, 6) is 0. The summed E-state index contributed by atoms with van der Waals surface area (Å²) in [6.45, 7) is 0. The zero-order valence-electron chi connectivity index (χ0n) is 26.6. The fraction of sp³-hybridized carbons (Fsp3) is 0. The molecule has 7 aromatic carbocycles. The van der Waals surface area contributed by atoms with Gasteiger partial charge in [-0.1, -0.05) is 115 Å². The third-order valence-electron chi connectivity index (χ3n) is 7.74. The maximum atomic E-state index is 9.35. The number of anilines is 3. The highest BCUT2D eigenvalue weighted by Gasteiger charge is 2.16. The molecular formula is C40H27NO. The highest BCUT2D eigenvalue weighted by Crippen LogP contribution is 2.40. The Bertz CT molecular complexity index is 2380. The summed E-state index contributed by atoms with van der Waals surface area (Å²) in [6.07, 6.45) is 0. The highest BCUT2D eigenvalue weighted by atomic mass is 16.3. The van der Waals surface area contributed by atoms with Gasteiger partial charge >= 0.3 is 0 Å². The molecule has 0 N–H and O–H groups in total. The maximum Gasteiger partial charge on any atom is 0.135 e. The molecule has 1 aromatic heterocycles. The fourth-order valence-corrected chi connectivity index (χ4v) is 5.67. The summed E-state index contributed by atoms with van der Waals surface area (Å²) in [6, 6.07) is 44.9. The third kappa shape index (κ3) is 4.22. The van der Waals surface area contributed by atoms with Gasteiger partial charge in [-0.05, 0) is 76.1 Å². The van der Waals surface area contributed by atoms with E-state index in [9.17, 15) is 5.48 Å². The van der Waals surface area contributed by atoms with Crippen LogP contribution in [0.4, 0.5) is 17.1 Å². The first-order chi connectivity index (χ1) is 22.5. The Hall–Kier alpha value is -5.60. The molecule has 0 aliphatic rings. The van der Waals surface area contributed by atoms with Crippen LogP contribution in [0, 0.1) is 0 Å². The molecule has 2 heteroatoms. The first-order valence-electron chi connectivity index (χ1n) is 15.9. The van der Waals surface area contributed by atoms with Crippen molar-refractivity contribution < 1.29 is 9.90 Å². The minimum absolute atomic E-state index is 0.103. The van der Waals surface area contributed by atoms with Gasteiger partial charge in [-0.15, -0.1) is 0 Å². The van der Waals surface area contributed by atoms with Crippen molar-refractivity contribution in [3.05, 3.63) is 164 Å². The van der Waals surface area contributed by atoms with Gasteiger partial charge < -0.3 is 9.32 Å². The van der Waals surface area contributed by atoms with Gasteiger partial charge in [0.2, 0.25) is 0 Å². The lowest BCUT2D eigenvalue weighted by atomic mass is 10.0. The van der Waals surface area contributed by atoms with Crippen LogP contribution in [0.1, 0.15) is 5.48 Å². The van der Waals surface area contributed by atoms with Gasteiger partial charge in [-0.25, -0.2) is 0 Å². The number of hydrogen-bond donors (Lipinski definition) is 0. The van der Waals surface area contributed by atoms with Crippen LogP contribution in [-0.4, -0.2) is 0 Å². The second kappa shape index (κ2) is 10.1. The Kier molecular flexibility index (Phi) is 4.88. The summed E-state index contributed by atoms with van der Waals surface area (Å²) in [5.41, 5.74) is 6.14. The van der Waals surface area contributed by atoms with Crippen molar-refractivity contribution in [2.24, 2.45) is 0 Å². The van der Waals surface area contributed by atoms with Gasteiger partial charge in [0.15, 0.2) is 0 Å². The molecule has 0 saturated heterocycles. The van der Waals surface area contributed by atoms with Crippen LogP contribution in [0.25, 0.3) is 55.0 Å². The summed E-state index contributed by atoms with van der Waals surface area (Å²) >= 11 is 0. The molecule has 0 amide bonds. The predicted octanol–water partition coefficient (Wildman–Crippen LogP) is 11.5. The van der Waals surface area contributed by atoms with Crippen molar-refractivity contribution in [2.45, 2.75) is 0 Å². The van der Waals surface area contributed by atoms with Crippen LogP contribution in [0.5, 0.6) is 0 Å². The van der Waals surface area contributed by atoms with E-state index in [2.05, 4.69) is 12.1 Å². The van der Waals surface area contributed by atoms with E-state index in [0.717, 1.165) is 49.6 Å². The maximum absolute atomic E-state index is 9.35. The lowest BCUT2D eigenvalue weighted by Gasteiger charge is -2.27. The zero-order valence-corrected chi connectivity index (χ0v) is 22.6. The molecule has 0 spiro atoms. The Morgan fingerprint density at radius 3 is 1.90 bits per heavy atom. The van der Waals surface area contributed by atoms with Crippen LogP contribution >= 0.6 is 0 Å². The largest absolute Gasteiger partial charge is 0.456 e. The summed E-state index contributed by atoms with van der Waals surface area (Å²) in [7, 11) is 0. The van der Waals surface area contributed by atoms with E-state index < -0.39 is 0 Å². The molecule has 0 fully saturated rings. The lowest BCUT2D eigenvalue weighted by Crippen LogP contribution is -2.10. The Balaban J connectivity index is 1.34. The number of benzene rings is 7. The molecular weight excluding hydrogens is 510 g/mol. The van der Waals surface area contributed by atoms with Crippen molar-refractivity contribution >= 4 is 49.8 Å². The molecule has 42 heavy (non-hydrogen) atoms. The predicted molar refractivity (Wildman–Crippen MR) is 177 cm³/mol. The van der Waals surface area contributed by atoms with Gasteiger partial charge in [0.25, 0.3) is 0 Å². The SMILES string of the molecule is [2H]c1c([2H])c(N(c2ccc(-c3ccccc3)cc2)c2cccc3ccccc23)c([2H])c([2H])c1-c1ccc2oc3ccccc3c2c1. The molecule has 2 nitrogen and oxygen atoms in total. The normalized spacial score (nSPS) is 12.7. The number of rotatable bonds is 5. The number of hydrogen-bond acceptors (Lipinski definition) is 2. The number of furan rings is 1. The van der Waals surface area contributed by atoms with E-state index in [4.69, 9.17) is 4.42 Å². The van der Waals surface area contributed by atoms with Crippen molar-refractivity contribution in [2.75, 3.05) is 4.90 Å². The number of nitrogens with zero attached hydrogens (tertiary/aromatic N) is 1. The lowest BCUT2D eigenvalue weighted by molar-refractivity contribution is 0.669.